The van der Waals surface area contributed by atoms with Crippen molar-refractivity contribution in [1.82, 2.24) is 14.5 Å². The van der Waals surface area contributed by atoms with E-state index in [4.69, 9.17) is 0 Å². The summed E-state index contributed by atoms with van der Waals surface area (Å²) in [5, 5.41) is 3.37. The van der Waals surface area contributed by atoms with Crippen molar-refractivity contribution >= 4 is 22.6 Å². The molecule has 0 aliphatic heterocycles. The molecule has 3 aromatic rings. The quantitative estimate of drug-likeness (QED) is 0.777. The number of anilines is 1. The summed E-state index contributed by atoms with van der Waals surface area (Å²) in [6, 6.07) is 7.62. The van der Waals surface area contributed by atoms with Gasteiger partial charge in [0.05, 0.1) is 5.39 Å². The maximum Gasteiger partial charge on any atom is 0.263 e. The fourth-order valence-corrected chi connectivity index (χ4v) is 2.73. The van der Waals surface area contributed by atoms with Gasteiger partial charge in [-0.3, -0.25) is 14.2 Å². The highest BCUT2D eigenvalue weighted by molar-refractivity contribution is 5.91. The van der Waals surface area contributed by atoms with Gasteiger partial charge in [0.1, 0.15) is 18.0 Å². The first kappa shape index (κ1) is 16.0. The van der Waals surface area contributed by atoms with Crippen LogP contribution in [0.5, 0.6) is 0 Å². The van der Waals surface area contributed by atoms with E-state index in [-0.39, 0.29) is 18.0 Å². The van der Waals surface area contributed by atoms with Gasteiger partial charge in [-0.25, -0.2) is 4.98 Å². The van der Waals surface area contributed by atoms with Crippen LogP contribution in [0.2, 0.25) is 0 Å². The highest BCUT2D eigenvalue weighted by Crippen LogP contribution is 2.16. The molecule has 0 fully saturated rings. The van der Waals surface area contributed by atoms with Crippen LogP contribution in [0, 0.1) is 27.7 Å². The van der Waals surface area contributed by atoms with Crippen LogP contribution in [0.3, 0.4) is 0 Å². The number of hydrogen-bond donors (Lipinski definition) is 2. The molecule has 1 aromatic carbocycles. The average Bonchev–Trinajstić information content (AvgIpc) is 2.88. The number of amides is 1. The van der Waals surface area contributed by atoms with Crippen molar-refractivity contribution in [3.8, 4) is 0 Å². The Morgan fingerprint density at radius 2 is 1.96 bits per heavy atom. The molecular formula is C18H20N4O2. The Labute approximate surface area is 139 Å². The standard InChI is InChI=1S/C18H20N4O2/c1-10-5-6-11(2)15(7-10)21-16(23)9-22-13(4)20-17-14(18(22)24)8-12(3)19-17/h5-8,19H,9H2,1-4H3,(H,21,23). The third-order valence-corrected chi connectivity index (χ3v) is 4.04. The van der Waals surface area contributed by atoms with Gasteiger partial charge in [-0.15, -0.1) is 0 Å². The summed E-state index contributed by atoms with van der Waals surface area (Å²) >= 11 is 0. The minimum Gasteiger partial charge on any atom is -0.343 e. The van der Waals surface area contributed by atoms with E-state index in [1.54, 1.807) is 13.0 Å². The molecule has 2 aromatic heterocycles. The van der Waals surface area contributed by atoms with Gasteiger partial charge in [-0.2, -0.15) is 0 Å². The summed E-state index contributed by atoms with van der Waals surface area (Å²) < 4.78 is 1.40. The predicted molar refractivity (Wildman–Crippen MR) is 94.4 cm³/mol. The van der Waals surface area contributed by atoms with E-state index in [0.717, 1.165) is 22.5 Å². The van der Waals surface area contributed by atoms with Crippen LogP contribution < -0.4 is 10.9 Å². The Morgan fingerprint density at radius 3 is 2.71 bits per heavy atom. The topological polar surface area (TPSA) is 79.8 Å². The van der Waals surface area contributed by atoms with Crippen molar-refractivity contribution < 1.29 is 4.79 Å². The molecule has 0 saturated carbocycles. The third-order valence-electron chi connectivity index (χ3n) is 4.04. The number of fused-ring (bicyclic) bond motifs is 1. The zero-order valence-corrected chi connectivity index (χ0v) is 14.2. The molecule has 24 heavy (non-hydrogen) atoms. The van der Waals surface area contributed by atoms with Gasteiger partial charge in [0.2, 0.25) is 5.91 Å². The lowest BCUT2D eigenvalue weighted by Gasteiger charge is -2.12. The number of hydrogen-bond acceptors (Lipinski definition) is 3. The number of benzene rings is 1. The molecule has 0 aliphatic carbocycles. The SMILES string of the molecule is Cc1ccc(C)c(NC(=O)Cn2c(C)nc3[nH]c(C)cc3c2=O)c1. The second kappa shape index (κ2) is 5.96. The Bertz CT molecular complexity index is 998. The Morgan fingerprint density at radius 1 is 1.21 bits per heavy atom. The minimum atomic E-state index is -0.248. The van der Waals surface area contributed by atoms with Crippen LogP contribution in [0.4, 0.5) is 5.69 Å². The monoisotopic (exact) mass is 324 g/mol. The highest BCUT2D eigenvalue weighted by Gasteiger charge is 2.13. The molecular weight excluding hydrogens is 304 g/mol. The van der Waals surface area contributed by atoms with Crippen LogP contribution in [-0.4, -0.2) is 20.4 Å². The molecule has 0 unspecified atom stereocenters. The second-order valence-corrected chi connectivity index (χ2v) is 6.13. The molecule has 0 bridgehead atoms. The number of H-pyrrole nitrogens is 1. The maximum atomic E-state index is 12.6. The Balaban J connectivity index is 1.90. The first-order valence-corrected chi connectivity index (χ1v) is 7.79. The first-order valence-electron chi connectivity index (χ1n) is 7.79. The maximum absolute atomic E-state index is 12.6. The minimum absolute atomic E-state index is 0.0643. The molecule has 0 atom stereocenters. The fourth-order valence-electron chi connectivity index (χ4n) is 2.73. The molecule has 124 valence electrons. The van der Waals surface area contributed by atoms with Crippen molar-refractivity contribution in [2.75, 3.05) is 5.32 Å². The van der Waals surface area contributed by atoms with E-state index < -0.39 is 0 Å². The summed E-state index contributed by atoms with van der Waals surface area (Å²) in [4.78, 5) is 32.4. The normalized spacial score (nSPS) is 11.0. The van der Waals surface area contributed by atoms with Crippen molar-refractivity contribution in [3.05, 3.63) is 57.3 Å². The number of aryl methyl sites for hydroxylation is 4. The zero-order valence-electron chi connectivity index (χ0n) is 14.2. The summed E-state index contributed by atoms with van der Waals surface area (Å²) in [6.07, 6.45) is 0. The third kappa shape index (κ3) is 2.95. The lowest BCUT2D eigenvalue weighted by Crippen LogP contribution is -2.30. The number of nitrogens with one attached hydrogen (secondary N) is 2. The van der Waals surface area contributed by atoms with Gasteiger partial charge in [0.25, 0.3) is 5.56 Å². The van der Waals surface area contributed by atoms with Crippen LogP contribution in [-0.2, 0) is 11.3 Å². The smallest absolute Gasteiger partial charge is 0.263 e. The number of carbonyl (C=O) groups excluding carboxylic acids is 1. The number of nitrogens with zero attached hydrogens (tertiary/aromatic N) is 2. The van der Waals surface area contributed by atoms with Crippen LogP contribution in [0.15, 0.2) is 29.1 Å². The van der Waals surface area contributed by atoms with Crippen LogP contribution in [0.25, 0.3) is 11.0 Å². The second-order valence-electron chi connectivity index (χ2n) is 6.13. The van der Waals surface area contributed by atoms with Gasteiger partial charge in [0, 0.05) is 11.4 Å². The summed E-state index contributed by atoms with van der Waals surface area (Å²) in [7, 11) is 0. The van der Waals surface area contributed by atoms with E-state index in [0.29, 0.717) is 16.9 Å². The summed E-state index contributed by atoms with van der Waals surface area (Å²) in [6.45, 7) is 7.43. The largest absolute Gasteiger partial charge is 0.343 e. The van der Waals surface area contributed by atoms with Crippen LogP contribution in [0.1, 0.15) is 22.6 Å². The van der Waals surface area contributed by atoms with Gasteiger partial charge >= 0.3 is 0 Å². The number of aromatic amines is 1. The van der Waals surface area contributed by atoms with Crippen LogP contribution >= 0.6 is 0 Å². The number of rotatable bonds is 3. The molecule has 0 aliphatic rings. The highest BCUT2D eigenvalue weighted by atomic mass is 16.2. The molecule has 0 spiro atoms. The number of aromatic nitrogens is 3. The van der Waals surface area contributed by atoms with E-state index >= 15 is 0 Å². The molecule has 0 saturated heterocycles. The molecule has 6 heteroatoms. The van der Waals surface area contributed by atoms with E-state index in [1.165, 1.54) is 4.57 Å². The lowest BCUT2D eigenvalue weighted by molar-refractivity contribution is -0.116. The molecule has 6 nitrogen and oxygen atoms in total. The first-order chi connectivity index (χ1) is 11.3. The van der Waals surface area contributed by atoms with Crippen molar-refractivity contribution in [2.24, 2.45) is 0 Å². The zero-order chi connectivity index (χ0) is 17.4. The van der Waals surface area contributed by atoms with Gasteiger partial charge in [-0.05, 0) is 51.0 Å². The van der Waals surface area contributed by atoms with Crippen molar-refractivity contribution in [2.45, 2.75) is 34.2 Å². The van der Waals surface area contributed by atoms with E-state index in [2.05, 4.69) is 15.3 Å². The molecule has 2 N–H and O–H groups in total. The molecule has 0 radical (unpaired) electrons. The van der Waals surface area contributed by atoms with Gasteiger partial charge in [-0.1, -0.05) is 12.1 Å². The van der Waals surface area contributed by atoms with Crippen molar-refractivity contribution in [3.63, 3.8) is 0 Å². The van der Waals surface area contributed by atoms with Gasteiger partial charge < -0.3 is 10.3 Å². The van der Waals surface area contributed by atoms with Gasteiger partial charge in [0.15, 0.2) is 0 Å². The Hall–Kier alpha value is -2.89. The Kier molecular flexibility index (Phi) is 3.97. The van der Waals surface area contributed by atoms with Crippen molar-refractivity contribution in [1.29, 1.82) is 0 Å². The average molecular weight is 324 g/mol. The lowest BCUT2D eigenvalue weighted by atomic mass is 10.1. The summed E-state index contributed by atoms with van der Waals surface area (Å²) in [5.41, 5.74) is 4.02. The van der Waals surface area contributed by atoms with E-state index in [1.807, 2.05) is 39.0 Å². The fraction of sp³-hybridized carbons (Fsp3) is 0.278. The summed E-state index contributed by atoms with van der Waals surface area (Å²) in [5.74, 6) is 0.257. The number of carbonyl (C=O) groups is 1. The molecule has 3 rings (SSSR count). The molecule has 1 amide bonds. The predicted octanol–water partition coefficient (Wildman–Crippen LogP) is 2.60. The molecule has 2 heterocycles. The van der Waals surface area contributed by atoms with E-state index in [9.17, 15) is 9.59 Å².